The van der Waals surface area contributed by atoms with E-state index in [2.05, 4.69) is 35.2 Å². The molecule has 0 bridgehead atoms. The Morgan fingerprint density at radius 3 is 2.41 bits per heavy atom. The second kappa shape index (κ2) is 10.5. The number of ether oxygens (including phenoxy) is 1. The molecule has 3 aromatic rings. The fraction of sp³-hybridized carbons (Fsp3) is 0.400. The number of hydrogen-bond acceptors (Lipinski definition) is 4. The summed E-state index contributed by atoms with van der Waals surface area (Å²) < 4.78 is 6.00. The zero-order chi connectivity index (χ0) is 23.3. The van der Waals surface area contributed by atoms with E-state index in [9.17, 15) is 10.2 Å². The number of aromatic hydroxyl groups is 2. The molecule has 0 aromatic heterocycles. The van der Waals surface area contributed by atoms with Crippen LogP contribution in [0.5, 0.6) is 17.2 Å². The molecule has 1 atom stereocenters. The molecule has 1 saturated heterocycles. The van der Waals surface area contributed by atoms with Crippen LogP contribution in [0, 0.1) is 0 Å². The molecule has 34 heavy (non-hydrogen) atoms. The molecule has 1 aliphatic carbocycles. The minimum Gasteiger partial charge on any atom is -0.508 e. The van der Waals surface area contributed by atoms with Gasteiger partial charge in [0.2, 0.25) is 0 Å². The monoisotopic (exact) mass is 457 g/mol. The van der Waals surface area contributed by atoms with Gasteiger partial charge in [0.15, 0.2) is 0 Å². The van der Waals surface area contributed by atoms with Crippen LogP contribution in [-0.4, -0.2) is 41.4 Å². The minimum atomic E-state index is 0.327. The van der Waals surface area contributed by atoms with Crippen molar-refractivity contribution in [3.8, 4) is 17.2 Å². The smallest absolute Gasteiger partial charge is 0.119 e. The highest BCUT2D eigenvalue weighted by atomic mass is 16.5. The average molecular weight is 458 g/mol. The van der Waals surface area contributed by atoms with E-state index in [0.717, 1.165) is 44.6 Å². The molecule has 1 heterocycles. The van der Waals surface area contributed by atoms with Crippen LogP contribution in [0.4, 0.5) is 0 Å². The van der Waals surface area contributed by atoms with Gasteiger partial charge >= 0.3 is 0 Å². The van der Waals surface area contributed by atoms with Crippen LogP contribution >= 0.6 is 0 Å². The molecule has 178 valence electrons. The molecule has 2 N–H and O–H groups in total. The maximum absolute atomic E-state index is 10.2. The summed E-state index contributed by atoms with van der Waals surface area (Å²) >= 11 is 0. The topological polar surface area (TPSA) is 52.9 Å². The van der Waals surface area contributed by atoms with Gasteiger partial charge in [-0.3, -0.25) is 4.90 Å². The van der Waals surface area contributed by atoms with Gasteiger partial charge in [-0.25, -0.2) is 0 Å². The lowest BCUT2D eigenvalue weighted by atomic mass is 9.78. The lowest BCUT2D eigenvalue weighted by molar-refractivity contribution is 0.183. The quantitative estimate of drug-likeness (QED) is 0.469. The first-order chi connectivity index (χ1) is 16.6. The van der Waals surface area contributed by atoms with E-state index in [4.69, 9.17) is 4.74 Å². The predicted molar refractivity (Wildman–Crippen MR) is 136 cm³/mol. The van der Waals surface area contributed by atoms with Gasteiger partial charge in [0.25, 0.3) is 0 Å². The van der Waals surface area contributed by atoms with Gasteiger partial charge in [-0.2, -0.15) is 0 Å². The van der Waals surface area contributed by atoms with Crippen LogP contribution in [0.2, 0.25) is 0 Å². The van der Waals surface area contributed by atoms with Crippen LogP contribution in [-0.2, 0) is 19.3 Å². The Morgan fingerprint density at radius 1 is 0.824 bits per heavy atom. The highest BCUT2D eigenvalue weighted by Crippen LogP contribution is 2.37. The Balaban J connectivity index is 1.23. The van der Waals surface area contributed by atoms with E-state index in [1.807, 2.05) is 18.2 Å². The summed E-state index contributed by atoms with van der Waals surface area (Å²) in [5.41, 5.74) is 6.30. The summed E-state index contributed by atoms with van der Waals surface area (Å²) in [6, 6.07) is 20.0. The number of rotatable bonds is 7. The fourth-order valence-corrected chi connectivity index (χ4v) is 5.53. The van der Waals surface area contributed by atoms with E-state index >= 15 is 0 Å². The normalized spacial score (nSPS) is 18.4. The van der Waals surface area contributed by atoms with Crippen molar-refractivity contribution in [3.63, 3.8) is 0 Å². The van der Waals surface area contributed by atoms with Gasteiger partial charge < -0.3 is 14.9 Å². The van der Waals surface area contributed by atoms with E-state index in [1.165, 1.54) is 60.2 Å². The molecule has 4 heteroatoms. The molecule has 0 saturated carbocycles. The lowest BCUT2D eigenvalue weighted by Gasteiger charge is -2.27. The first kappa shape index (κ1) is 22.8. The van der Waals surface area contributed by atoms with Crippen molar-refractivity contribution >= 4 is 0 Å². The Bertz CT molecular complexity index is 1100. The summed E-state index contributed by atoms with van der Waals surface area (Å²) in [6.07, 6.45) is 7.73. The van der Waals surface area contributed by atoms with Crippen LogP contribution in [0.25, 0.3) is 0 Å². The first-order valence-electron chi connectivity index (χ1n) is 12.7. The molecule has 0 amide bonds. The predicted octanol–water partition coefficient (Wildman–Crippen LogP) is 5.83. The minimum absolute atomic E-state index is 0.327. The number of fused-ring (bicyclic) bond motifs is 1. The van der Waals surface area contributed by atoms with Crippen molar-refractivity contribution in [1.82, 2.24) is 4.90 Å². The van der Waals surface area contributed by atoms with E-state index < -0.39 is 0 Å². The third-order valence-corrected chi connectivity index (χ3v) is 7.43. The summed E-state index contributed by atoms with van der Waals surface area (Å²) in [6.45, 7) is 4.14. The highest BCUT2D eigenvalue weighted by Gasteiger charge is 2.23. The van der Waals surface area contributed by atoms with Crippen LogP contribution < -0.4 is 4.74 Å². The van der Waals surface area contributed by atoms with E-state index in [-0.39, 0.29) is 0 Å². The molecule has 1 unspecified atom stereocenters. The van der Waals surface area contributed by atoms with Crippen molar-refractivity contribution < 1.29 is 14.9 Å². The number of hydrogen-bond donors (Lipinski definition) is 2. The SMILES string of the molecule is Oc1ccc2c(c1)CCC(c1cc(O)ccc1Cc1ccc(OCCN3CCCCC3)cc1)C2. The second-order valence-corrected chi connectivity index (χ2v) is 9.85. The highest BCUT2D eigenvalue weighted by molar-refractivity contribution is 5.44. The molecule has 0 radical (unpaired) electrons. The molecule has 2 aliphatic rings. The number of likely N-dealkylation sites (tertiary alicyclic amines) is 1. The standard InChI is InChI=1S/C30H35NO3/c32-27-10-8-23-19-26(7-6-24(23)20-27)30-21-28(33)11-9-25(30)18-22-4-12-29(13-5-22)34-17-16-31-14-2-1-3-15-31/h4-5,8-13,20-21,26,32-33H,1-3,6-7,14-19H2. The molecular weight excluding hydrogens is 422 g/mol. The summed E-state index contributed by atoms with van der Waals surface area (Å²) in [5, 5.41) is 20.0. The van der Waals surface area contributed by atoms with Crippen LogP contribution in [0.1, 0.15) is 59.4 Å². The summed E-state index contributed by atoms with van der Waals surface area (Å²) in [7, 11) is 0. The van der Waals surface area contributed by atoms with E-state index in [1.54, 1.807) is 12.1 Å². The van der Waals surface area contributed by atoms with Crippen LogP contribution in [0.15, 0.2) is 60.7 Å². The van der Waals surface area contributed by atoms with Crippen molar-refractivity contribution in [2.45, 2.75) is 50.9 Å². The van der Waals surface area contributed by atoms with Gasteiger partial charge in [-0.1, -0.05) is 30.7 Å². The Morgan fingerprint density at radius 2 is 1.59 bits per heavy atom. The van der Waals surface area contributed by atoms with Crippen molar-refractivity contribution in [3.05, 3.63) is 88.5 Å². The third kappa shape index (κ3) is 5.56. The molecule has 3 aromatic carbocycles. The maximum Gasteiger partial charge on any atom is 0.119 e. The Labute approximate surface area is 202 Å². The third-order valence-electron chi connectivity index (χ3n) is 7.43. The van der Waals surface area contributed by atoms with Crippen LogP contribution in [0.3, 0.4) is 0 Å². The molecule has 1 fully saturated rings. The van der Waals surface area contributed by atoms with Gasteiger partial charge in [0.05, 0.1) is 0 Å². The number of aryl methyl sites for hydroxylation is 1. The van der Waals surface area contributed by atoms with E-state index in [0.29, 0.717) is 17.4 Å². The van der Waals surface area contributed by atoms with Crippen molar-refractivity contribution in [2.24, 2.45) is 0 Å². The van der Waals surface area contributed by atoms with Gasteiger partial charge in [-0.05, 0) is 122 Å². The average Bonchev–Trinajstić information content (AvgIpc) is 2.86. The number of phenolic OH excluding ortho intramolecular Hbond substituents is 2. The Kier molecular flexibility index (Phi) is 7.05. The number of nitrogens with zero attached hydrogens (tertiary/aromatic N) is 1. The molecular formula is C30H35NO3. The van der Waals surface area contributed by atoms with Crippen molar-refractivity contribution in [2.75, 3.05) is 26.2 Å². The fourth-order valence-electron chi connectivity index (χ4n) is 5.53. The van der Waals surface area contributed by atoms with Gasteiger partial charge in [-0.15, -0.1) is 0 Å². The zero-order valence-corrected chi connectivity index (χ0v) is 19.9. The molecule has 4 nitrogen and oxygen atoms in total. The Hall–Kier alpha value is -2.98. The van der Waals surface area contributed by atoms with Crippen molar-refractivity contribution in [1.29, 1.82) is 0 Å². The van der Waals surface area contributed by atoms with Gasteiger partial charge in [0, 0.05) is 6.54 Å². The molecule has 0 spiro atoms. The van der Waals surface area contributed by atoms with Gasteiger partial charge in [0.1, 0.15) is 23.9 Å². The molecule has 1 aliphatic heterocycles. The number of piperidine rings is 1. The zero-order valence-electron chi connectivity index (χ0n) is 19.9. The first-order valence-corrected chi connectivity index (χ1v) is 12.7. The largest absolute Gasteiger partial charge is 0.508 e. The number of phenols is 2. The molecule has 5 rings (SSSR count). The second-order valence-electron chi connectivity index (χ2n) is 9.85. The lowest BCUT2D eigenvalue weighted by Crippen LogP contribution is -2.33. The summed E-state index contributed by atoms with van der Waals surface area (Å²) in [4.78, 5) is 2.50. The number of benzene rings is 3. The summed E-state index contributed by atoms with van der Waals surface area (Å²) in [5.74, 6) is 1.97. The maximum atomic E-state index is 10.2.